The summed E-state index contributed by atoms with van der Waals surface area (Å²) < 4.78 is 2.35. The Hall–Kier alpha value is -0.440. The maximum atomic E-state index is 4.61. The van der Waals surface area contributed by atoms with Crippen LogP contribution in [0.4, 0.5) is 0 Å². The molecule has 1 aliphatic carbocycles. The summed E-state index contributed by atoms with van der Waals surface area (Å²) in [5, 5.41) is 0. The van der Waals surface area contributed by atoms with E-state index in [1.807, 2.05) is 6.20 Å². The topological polar surface area (TPSA) is 17.8 Å². The van der Waals surface area contributed by atoms with Crippen LogP contribution in [0.3, 0.4) is 0 Å². The summed E-state index contributed by atoms with van der Waals surface area (Å²) in [6.07, 6.45) is 10.9. The van der Waals surface area contributed by atoms with Gasteiger partial charge < -0.3 is 4.57 Å². The van der Waals surface area contributed by atoms with Crippen LogP contribution in [0, 0.1) is 5.41 Å². The standard InChI is InChI=1S/C14H24N2S/c1-12(2)13-15-8-9-16(13)10-14(11-17)6-4-3-5-7-14/h8-9,12,17H,3-7,10-11H2,1-2H3. The molecule has 1 heterocycles. The molecular formula is C14H24N2S. The highest BCUT2D eigenvalue weighted by atomic mass is 32.1. The molecule has 1 aromatic heterocycles. The molecule has 17 heavy (non-hydrogen) atoms. The molecule has 0 aliphatic heterocycles. The lowest BCUT2D eigenvalue weighted by atomic mass is 9.75. The molecule has 0 aromatic carbocycles. The molecule has 0 unspecified atom stereocenters. The van der Waals surface area contributed by atoms with Gasteiger partial charge in [0.1, 0.15) is 5.82 Å². The lowest BCUT2D eigenvalue weighted by molar-refractivity contribution is 0.187. The summed E-state index contributed by atoms with van der Waals surface area (Å²) >= 11 is 4.61. The summed E-state index contributed by atoms with van der Waals surface area (Å²) in [6.45, 7) is 5.53. The lowest BCUT2D eigenvalue weighted by Gasteiger charge is -2.37. The molecule has 3 heteroatoms. The third-order valence-electron chi connectivity index (χ3n) is 4.02. The minimum atomic E-state index is 0.408. The summed E-state index contributed by atoms with van der Waals surface area (Å²) in [5.74, 6) is 2.73. The second-order valence-electron chi connectivity index (χ2n) is 5.79. The Bertz CT molecular complexity index is 351. The number of thiol groups is 1. The van der Waals surface area contributed by atoms with Crippen molar-refractivity contribution >= 4 is 12.6 Å². The molecular weight excluding hydrogens is 228 g/mol. The Morgan fingerprint density at radius 3 is 2.65 bits per heavy atom. The van der Waals surface area contributed by atoms with Gasteiger partial charge in [0.2, 0.25) is 0 Å². The number of hydrogen-bond donors (Lipinski definition) is 1. The van der Waals surface area contributed by atoms with Crippen LogP contribution in [0.15, 0.2) is 12.4 Å². The maximum absolute atomic E-state index is 4.61. The Morgan fingerprint density at radius 2 is 2.06 bits per heavy atom. The Balaban J connectivity index is 2.14. The average Bonchev–Trinajstić information content (AvgIpc) is 2.78. The van der Waals surface area contributed by atoms with Crippen molar-refractivity contribution < 1.29 is 0 Å². The fraction of sp³-hybridized carbons (Fsp3) is 0.786. The molecule has 1 aliphatic rings. The molecule has 0 spiro atoms. The van der Waals surface area contributed by atoms with E-state index in [1.165, 1.54) is 37.9 Å². The monoisotopic (exact) mass is 252 g/mol. The fourth-order valence-corrected chi connectivity index (χ4v) is 3.40. The van der Waals surface area contributed by atoms with Crippen molar-refractivity contribution in [1.82, 2.24) is 9.55 Å². The number of imidazole rings is 1. The summed E-state index contributed by atoms with van der Waals surface area (Å²) in [4.78, 5) is 4.48. The van der Waals surface area contributed by atoms with E-state index in [0.29, 0.717) is 11.3 Å². The first kappa shape index (κ1) is 13.0. The smallest absolute Gasteiger partial charge is 0.111 e. The van der Waals surface area contributed by atoms with Crippen LogP contribution in [-0.4, -0.2) is 15.3 Å². The molecule has 1 fully saturated rings. The zero-order valence-corrected chi connectivity index (χ0v) is 11.9. The first-order valence-corrected chi connectivity index (χ1v) is 7.42. The van der Waals surface area contributed by atoms with Crippen LogP contribution in [-0.2, 0) is 6.54 Å². The van der Waals surface area contributed by atoms with Gasteiger partial charge in [0.25, 0.3) is 0 Å². The van der Waals surface area contributed by atoms with E-state index in [4.69, 9.17) is 0 Å². The molecule has 2 rings (SSSR count). The van der Waals surface area contributed by atoms with E-state index in [-0.39, 0.29) is 0 Å². The molecule has 0 saturated heterocycles. The van der Waals surface area contributed by atoms with Crippen LogP contribution < -0.4 is 0 Å². The Labute approximate surface area is 110 Å². The highest BCUT2D eigenvalue weighted by molar-refractivity contribution is 7.80. The van der Waals surface area contributed by atoms with Gasteiger partial charge >= 0.3 is 0 Å². The largest absolute Gasteiger partial charge is 0.334 e. The van der Waals surface area contributed by atoms with Crippen molar-refractivity contribution in [1.29, 1.82) is 0 Å². The number of hydrogen-bond acceptors (Lipinski definition) is 2. The summed E-state index contributed by atoms with van der Waals surface area (Å²) in [7, 11) is 0. The second-order valence-corrected chi connectivity index (χ2v) is 6.10. The molecule has 2 nitrogen and oxygen atoms in total. The zero-order valence-electron chi connectivity index (χ0n) is 11.0. The predicted octanol–water partition coefficient (Wildman–Crippen LogP) is 3.89. The minimum Gasteiger partial charge on any atom is -0.334 e. The first-order valence-electron chi connectivity index (χ1n) is 6.79. The molecule has 0 radical (unpaired) electrons. The summed E-state index contributed by atoms with van der Waals surface area (Å²) in [5.41, 5.74) is 0.408. The lowest BCUT2D eigenvalue weighted by Crippen LogP contribution is -2.32. The van der Waals surface area contributed by atoms with Gasteiger partial charge in [-0.15, -0.1) is 0 Å². The molecule has 0 bridgehead atoms. The van der Waals surface area contributed by atoms with Gasteiger partial charge in [-0.25, -0.2) is 4.98 Å². The van der Waals surface area contributed by atoms with E-state index >= 15 is 0 Å². The average molecular weight is 252 g/mol. The SMILES string of the molecule is CC(C)c1nccn1CC1(CS)CCCCC1. The highest BCUT2D eigenvalue weighted by Crippen LogP contribution is 2.39. The van der Waals surface area contributed by atoms with E-state index in [0.717, 1.165) is 12.3 Å². The van der Waals surface area contributed by atoms with Gasteiger partial charge in [0.05, 0.1) is 0 Å². The van der Waals surface area contributed by atoms with Crippen molar-refractivity contribution in [2.45, 2.75) is 58.4 Å². The number of rotatable bonds is 4. The van der Waals surface area contributed by atoms with Crippen LogP contribution in [0.25, 0.3) is 0 Å². The molecule has 0 amide bonds. The predicted molar refractivity (Wildman–Crippen MR) is 75.7 cm³/mol. The van der Waals surface area contributed by atoms with Crippen LogP contribution in [0.1, 0.15) is 57.7 Å². The Morgan fingerprint density at radius 1 is 1.35 bits per heavy atom. The van der Waals surface area contributed by atoms with Crippen molar-refractivity contribution in [3.63, 3.8) is 0 Å². The third-order valence-corrected chi connectivity index (χ3v) is 4.69. The quantitative estimate of drug-likeness (QED) is 0.805. The van der Waals surface area contributed by atoms with Crippen molar-refractivity contribution in [3.05, 3.63) is 18.2 Å². The van der Waals surface area contributed by atoms with Gasteiger partial charge in [-0.2, -0.15) is 12.6 Å². The molecule has 0 N–H and O–H groups in total. The molecule has 1 aromatic rings. The van der Waals surface area contributed by atoms with Crippen LogP contribution in [0.2, 0.25) is 0 Å². The fourth-order valence-electron chi connectivity index (χ4n) is 2.98. The van der Waals surface area contributed by atoms with Crippen molar-refractivity contribution in [2.24, 2.45) is 5.41 Å². The first-order chi connectivity index (χ1) is 8.17. The van der Waals surface area contributed by atoms with Crippen molar-refractivity contribution in [2.75, 3.05) is 5.75 Å². The van der Waals surface area contributed by atoms with Gasteiger partial charge in [0.15, 0.2) is 0 Å². The van der Waals surface area contributed by atoms with Gasteiger partial charge in [-0.1, -0.05) is 33.1 Å². The van der Waals surface area contributed by atoms with Gasteiger partial charge in [-0.05, 0) is 24.0 Å². The molecule has 96 valence electrons. The van der Waals surface area contributed by atoms with E-state index in [1.54, 1.807) is 0 Å². The van der Waals surface area contributed by atoms with E-state index < -0.39 is 0 Å². The number of nitrogens with zero attached hydrogens (tertiary/aromatic N) is 2. The second kappa shape index (κ2) is 5.47. The van der Waals surface area contributed by atoms with Crippen LogP contribution >= 0.6 is 12.6 Å². The van der Waals surface area contributed by atoms with E-state index in [2.05, 4.69) is 42.2 Å². The summed E-state index contributed by atoms with van der Waals surface area (Å²) in [6, 6.07) is 0. The highest BCUT2D eigenvalue weighted by Gasteiger charge is 2.31. The minimum absolute atomic E-state index is 0.408. The van der Waals surface area contributed by atoms with Crippen molar-refractivity contribution in [3.8, 4) is 0 Å². The third kappa shape index (κ3) is 2.87. The normalized spacial score (nSPS) is 19.8. The Kier molecular flexibility index (Phi) is 4.18. The zero-order chi connectivity index (χ0) is 12.3. The maximum Gasteiger partial charge on any atom is 0.111 e. The number of aromatic nitrogens is 2. The van der Waals surface area contributed by atoms with E-state index in [9.17, 15) is 0 Å². The molecule has 1 saturated carbocycles. The van der Waals surface area contributed by atoms with Gasteiger partial charge in [0, 0.05) is 24.9 Å². The van der Waals surface area contributed by atoms with Crippen LogP contribution in [0.5, 0.6) is 0 Å². The molecule has 0 atom stereocenters. The van der Waals surface area contributed by atoms with Gasteiger partial charge in [-0.3, -0.25) is 0 Å².